The molecule has 102 valence electrons. The van der Waals surface area contributed by atoms with Crippen LogP contribution in [-0.2, 0) is 16.6 Å². The van der Waals surface area contributed by atoms with Gasteiger partial charge in [-0.05, 0) is 50.1 Å². The third-order valence-corrected chi connectivity index (χ3v) is 4.44. The third-order valence-electron chi connectivity index (χ3n) is 2.83. The summed E-state index contributed by atoms with van der Waals surface area (Å²) in [5.74, 6) is 0. The molecule has 18 heavy (non-hydrogen) atoms. The van der Waals surface area contributed by atoms with E-state index in [-0.39, 0.29) is 0 Å². The Morgan fingerprint density at radius 2 is 1.83 bits per heavy atom. The molecule has 0 aliphatic carbocycles. The van der Waals surface area contributed by atoms with Crippen molar-refractivity contribution in [2.24, 2.45) is 0 Å². The minimum absolute atomic E-state index is 0.381. The standard InChI is InChI=1S/C13H22N2O2S/c1-5-6-15-18(16,17)13-8-12(9-14-4)10(2)7-11(13)3/h7-8,14-15H,5-6,9H2,1-4H3. The molecule has 1 aromatic rings. The van der Waals surface area contributed by atoms with Gasteiger partial charge in [-0.2, -0.15) is 0 Å². The SMILES string of the molecule is CCCNS(=O)(=O)c1cc(CNC)c(C)cc1C. The fourth-order valence-corrected chi connectivity index (χ4v) is 3.27. The van der Waals surface area contributed by atoms with E-state index in [2.05, 4.69) is 10.0 Å². The zero-order chi connectivity index (χ0) is 13.8. The van der Waals surface area contributed by atoms with E-state index in [1.165, 1.54) is 0 Å². The molecule has 4 nitrogen and oxygen atoms in total. The number of aryl methyl sites for hydroxylation is 2. The topological polar surface area (TPSA) is 58.2 Å². The van der Waals surface area contributed by atoms with Crippen molar-refractivity contribution in [1.82, 2.24) is 10.0 Å². The van der Waals surface area contributed by atoms with Crippen molar-refractivity contribution in [3.05, 3.63) is 28.8 Å². The molecular weight excluding hydrogens is 248 g/mol. The maximum atomic E-state index is 12.1. The molecule has 1 aromatic carbocycles. The largest absolute Gasteiger partial charge is 0.316 e. The molecule has 0 radical (unpaired) electrons. The lowest BCUT2D eigenvalue weighted by Crippen LogP contribution is -2.25. The number of hydrogen-bond acceptors (Lipinski definition) is 3. The van der Waals surface area contributed by atoms with Gasteiger partial charge in [-0.15, -0.1) is 0 Å². The van der Waals surface area contributed by atoms with Crippen molar-refractivity contribution < 1.29 is 8.42 Å². The molecule has 0 aromatic heterocycles. The van der Waals surface area contributed by atoms with E-state index in [4.69, 9.17) is 0 Å². The minimum Gasteiger partial charge on any atom is -0.316 e. The van der Waals surface area contributed by atoms with Crippen LogP contribution in [0.1, 0.15) is 30.0 Å². The summed E-state index contributed by atoms with van der Waals surface area (Å²) in [5.41, 5.74) is 2.91. The molecule has 0 bridgehead atoms. The van der Waals surface area contributed by atoms with Gasteiger partial charge in [0.2, 0.25) is 10.0 Å². The molecule has 2 N–H and O–H groups in total. The van der Waals surface area contributed by atoms with E-state index >= 15 is 0 Å². The first-order valence-corrected chi connectivity index (χ1v) is 7.65. The summed E-state index contributed by atoms with van der Waals surface area (Å²) in [5, 5.41) is 3.05. The van der Waals surface area contributed by atoms with Crippen molar-refractivity contribution in [1.29, 1.82) is 0 Å². The van der Waals surface area contributed by atoms with Gasteiger partial charge in [-0.1, -0.05) is 13.0 Å². The highest BCUT2D eigenvalue weighted by molar-refractivity contribution is 7.89. The van der Waals surface area contributed by atoms with Crippen LogP contribution in [0, 0.1) is 13.8 Å². The first-order valence-electron chi connectivity index (χ1n) is 6.16. The zero-order valence-corrected chi connectivity index (χ0v) is 12.3. The number of sulfonamides is 1. The Morgan fingerprint density at radius 3 is 2.39 bits per heavy atom. The van der Waals surface area contributed by atoms with Gasteiger partial charge in [-0.3, -0.25) is 0 Å². The number of hydrogen-bond donors (Lipinski definition) is 2. The van der Waals surface area contributed by atoms with E-state index in [1.54, 1.807) is 6.07 Å². The summed E-state index contributed by atoms with van der Waals surface area (Å²) in [6, 6.07) is 3.69. The van der Waals surface area contributed by atoms with Crippen LogP contribution in [0.4, 0.5) is 0 Å². The van der Waals surface area contributed by atoms with Gasteiger partial charge < -0.3 is 5.32 Å². The van der Waals surface area contributed by atoms with Gasteiger partial charge in [-0.25, -0.2) is 13.1 Å². The predicted octanol–water partition coefficient (Wildman–Crippen LogP) is 1.71. The number of benzene rings is 1. The molecule has 0 amide bonds. The summed E-state index contributed by atoms with van der Waals surface area (Å²) in [6.07, 6.45) is 0.785. The van der Waals surface area contributed by atoms with Crippen LogP contribution < -0.4 is 10.0 Å². The van der Waals surface area contributed by atoms with Gasteiger partial charge in [0.15, 0.2) is 0 Å². The van der Waals surface area contributed by atoms with Crippen LogP contribution in [0.2, 0.25) is 0 Å². The second-order valence-electron chi connectivity index (χ2n) is 4.47. The van der Waals surface area contributed by atoms with E-state index in [9.17, 15) is 8.42 Å². The molecular formula is C13H22N2O2S. The Hall–Kier alpha value is -0.910. The molecule has 0 saturated heterocycles. The van der Waals surface area contributed by atoms with Crippen LogP contribution in [0.5, 0.6) is 0 Å². The Kier molecular flexibility index (Phi) is 5.31. The minimum atomic E-state index is -3.39. The van der Waals surface area contributed by atoms with E-state index in [0.29, 0.717) is 18.0 Å². The van der Waals surface area contributed by atoms with Crippen LogP contribution in [0.25, 0.3) is 0 Å². The zero-order valence-electron chi connectivity index (χ0n) is 11.5. The van der Waals surface area contributed by atoms with Crippen molar-refractivity contribution in [3.8, 4) is 0 Å². The first-order chi connectivity index (χ1) is 8.42. The molecule has 1 rings (SSSR count). The average molecular weight is 270 g/mol. The predicted molar refractivity (Wildman–Crippen MR) is 74.2 cm³/mol. The Morgan fingerprint density at radius 1 is 1.17 bits per heavy atom. The van der Waals surface area contributed by atoms with Crippen molar-refractivity contribution in [2.45, 2.75) is 38.6 Å². The molecule has 0 atom stereocenters. The smallest absolute Gasteiger partial charge is 0.240 e. The van der Waals surface area contributed by atoms with E-state index in [0.717, 1.165) is 23.1 Å². The van der Waals surface area contributed by atoms with Crippen LogP contribution in [0.3, 0.4) is 0 Å². The molecule has 0 heterocycles. The average Bonchev–Trinajstić information content (AvgIpc) is 2.30. The monoisotopic (exact) mass is 270 g/mol. The Balaban J connectivity index is 3.19. The molecule has 0 saturated carbocycles. The lowest BCUT2D eigenvalue weighted by molar-refractivity contribution is 0.580. The van der Waals surface area contributed by atoms with Gasteiger partial charge in [0.25, 0.3) is 0 Å². The van der Waals surface area contributed by atoms with Gasteiger partial charge in [0.05, 0.1) is 4.90 Å². The summed E-state index contributed by atoms with van der Waals surface area (Å²) in [7, 11) is -1.54. The van der Waals surface area contributed by atoms with Crippen molar-refractivity contribution in [3.63, 3.8) is 0 Å². The van der Waals surface area contributed by atoms with Crippen LogP contribution in [-0.4, -0.2) is 22.0 Å². The summed E-state index contributed by atoms with van der Waals surface area (Å²) >= 11 is 0. The third kappa shape index (κ3) is 3.54. The lowest BCUT2D eigenvalue weighted by atomic mass is 10.1. The quantitative estimate of drug-likeness (QED) is 0.827. The fourth-order valence-electron chi connectivity index (χ4n) is 1.86. The van der Waals surface area contributed by atoms with Gasteiger partial charge in [0.1, 0.15) is 0 Å². The van der Waals surface area contributed by atoms with Crippen molar-refractivity contribution >= 4 is 10.0 Å². The molecule has 0 aliphatic rings. The summed E-state index contributed by atoms with van der Waals surface area (Å²) in [6.45, 7) is 6.91. The van der Waals surface area contributed by atoms with Gasteiger partial charge in [0, 0.05) is 13.1 Å². The number of rotatable bonds is 6. The lowest BCUT2D eigenvalue weighted by Gasteiger charge is -2.13. The maximum Gasteiger partial charge on any atom is 0.240 e. The molecule has 0 unspecified atom stereocenters. The summed E-state index contributed by atoms with van der Waals surface area (Å²) in [4.78, 5) is 0.381. The highest BCUT2D eigenvalue weighted by atomic mass is 32.2. The molecule has 0 aliphatic heterocycles. The molecule has 0 spiro atoms. The Labute approximate surface area is 110 Å². The fraction of sp³-hybridized carbons (Fsp3) is 0.538. The molecule has 5 heteroatoms. The van der Waals surface area contributed by atoms with Crippen LogP contribution in [0.15, 0.2) is 17.0 Å². The second kappa shape index (κ2) is 6.31. The van der Waals surface area contributed by atoms with E-state index < -0.39 is 10.0 Å². The highest BCUT2D eigenvalue weighted by Gasteiger charge is 2.17. The second-order valence-corrected chi connectivity index (χ2v) is 6.21. The van der Waals surface area contributed by atoms with Crippen molar-refractivity contribution in [2.75, 3.05) is 13.6 Å². The molecule has 0 fully saturated rings. The maximum absolute atomic E-state index is 12.1. The van der Waals surface area contributed by atoms with E-state index in [1.807, 2.05) is 33.9 Å². The van der Waals surface area contributed by atoms with Gasteiger partial charge >= 0.3 is 0 Å². The summed E-state index contributed by atoms with van der Waals surface area (Å²) < 4.78 is 26.9. The highest BCUT2D eigenvalue weighted by Crippen LogP contribution is 2.20. The first kappa shape index (κ1) is 15.1. The number of nitrogens with one attached hydrogen (secondary N) is 2. The Bertz CT molecular complexity index is 510. The van der Waals surface area contributed by atoms with Crippen LogP contribution >= 0.6 is 0 Å². The normalized spacial score (nSPS) is 11.8.